The van der Waals surface area contributed by atoms with Gasteiger partial charge in [0.1, 0.15) is 12.4 Å². The fraction of sp³-hybridized carbons (Fsp3) is 0.300. The summed E-state index contributed by atoms with van der Waals surface area (Å²) in [5.74, 6) is 0.764. The van der Waals surface area contributed by atoms with Crippen LogP contribution in [0, 0.1) is 10.5 Å². The average molecular weight is 321 g/mol. The van der Waals surface area contributed by atoms with Gasteiger partial charge in [0.05, 0.1) is 6.54 Å². The number of hydrogen-bond donors (Lipinski definition) is 2. The molecule has 0 bridgehead atoms. The summed E-state index contributed by atoms with van der Waals surface area (Å²) in [5.41, 5.74) is 1.15. The first kappa shape index (κ1) is 12.1. The van der Waals surface area contributed by atoms with Crippen molar-refractivity contribution in [2.24, 2.45) is 0 Å². The molecule has 5 heteroatoms. The van der Waals surface area contributed by atoms with E-state index in [0.717, 1.165) is 11.3 Å². The van der Waals surface area contributed by atoms with Crippen molar-refractivity contribution in [1.29, 1.82) is 0 Å². The van der Waals surface area contributed by atoms with E-state index in [1.807, 2.05) is 25.1 Å². The number of nitrogens with one attached hydrogen (secondary N) is 1. The highest BCUT2D eigenvalue weighted by atomic mass is 127. The maximum Gasteiger partial charge on any atom is 0.404 e. The van der Waals surface area contributed by atoms with Gasteiger partial charge < -0.3 is 15.2 Å². The summed E-state index contributed by atoms with van der Waals surface area (Å²) in [4.78, 5) is 10.1. The van der Waals surface area contributed by atoms with E-state index in [1.54, 1.807) is 0 Å². The minimum Gasteiger partial charge on any atom is -0.492 e. The molecule has 0 fully saturated rings. The van der Waals surface area contributed by atoms with E-state index in [9.17, 15) is 4.79 Å². The lowest BCUT2D eigenvalue weighted by atomic mass is 10.2. The van der Waals surface area contributed by atoms with Gasteiger partial charge in [-0.05, 0) is 53.3 Å². The van der Waals surface area contributed by atoms with Crippen molar-refractivity contribution in [2.45, 2.75) is 6.92 Å². The molecule has 0 saturated heterocycles. The highest BCUT2D eigenvalue weighted by Crippen LogP contribution is 2.18. The van der Waals surface area contributed by atoms with E-state index in [-0.39, 0.29) is 0 Å². The van der Waals surface area contributed by atoms with Crippen LogP contribution in [-0.2, 0) is 0 Å². The number of carbonyl (C=O) groups is 1. The van der Waals surface area contributed by atoms with E-state index in [1.165, 1.54) is 3.57 Å². The Morgan fingerprint density at radius 2 is 2.33 bits per heavy atom. The molecule has 82 valence electrons. The molecule has 1 amide bonds. The molecule has 1 rings (SSSR count). The molecular weight excluding hydrogens is 309 g/mol. The van der Waals surface area contributed by atoms with Crippen molar-refractivity contribution in [3.63, 3.8) is 0 Å². The number of amides is 1. The third-order valence-electron chi connectivity index (χ3n) is 1.78. The highest BCUT2D eigenvalue weighted by molar-refractivity contribution is 14.1. The predicted molar refractivity (Wildman–Crippen MR) is 65.4 cm³/mol. The molecular formula is C10H12INO3. The van der Waals surface area contributed by atoms with Crippen molar-refractivity contribution in [3.8, 4) is 5.75 Å². The number of aryl methyl sites for hydroxylation is 1. The van der Waals surface area contributed by atoms with E-state index in [0.29, 0.717) is 13.2 Å². The fourth-order valence-electron chi connectivity index (χ4n) is 1.03. The van der Waals surface area contributed by atoms with E-state index < -0.39 is 6.09 Å². The Morgan fingerprint density at radius 3 is 2.93 bits per heavy atom. The molecule has 0 heterocycles. The molecule has 0 saturated carbocycles. The molecule has 0 unspecified atom stereocenters. The van der Waals surface area contributed by atoms with Gasteiger partial charge >= 0.3 is 6.09 Å². The third-order valence-corrected chi connectivity index (χ3v) is 2.99. The topological polar surface area (TPSA) is 58.6 Å². The van der Waals surface area contributed by atoms with E-state index >= 15 is 0 Å². The van der Waals surface area contributed by atoms with Gasteiger partial charge in [-0.1, -0.05) is 0 Å². The first-order chi connectivity index (χ1) is 7.09. The molecule has 0 aliphatic heterocycles. The molecule has 1 aromatic rings. The number of carboxylic acid groups (broad SMARTS) is 1. The van der Waals surface area contributed by atoms with Gasteiger partial charge in [0.15, 0.2) is 0 Å². The maximum atomic E-state index is 10.1. The summed E-state index contributed by atoms with van der Waals surface area (Å²) in [6, 6.07) is 5.77. The van der Waals surface area contributed by atoms with Crippen LogP contribution in [0.3, 0.4) is 0 Å². The van der Waals surface area contributed by atoms with Crippen LogP contribution in [0.2, 0.25) is 0 Å². The Kier molecular flexibility index (Phi) is 4.67. The third kappa shape index (κ3) is 4.37. The molecule has 0 radical (unpaired) electrons. The summed E-state index contributed by atoms with van der Waals surface area (Å²) in [5, 5.41) is 10.6. The normalized spacial score (nSPS) is 9.73. The second kappa shape index (κ2) is 5.79. The summed E-state index contributed by atoms with van der Waals surface area (Å²) in [6.07, 6.45) is -1.03. The first-order valence-electron chi connectivity index (χ1n) is 4.45. The summed E-state index contributed by atoms with van der Waals surface area (Å²) >= 11 is 2.25. The zero-order valence-corrected chi connectivity index (χ0v) is 10.4. The fourth-order valence-corrected chi connectivity index (χ4v) is 1.37. The molecule has 4 nitrogen and oxygen atoms in total. The lowest BCUT2D eigenvalue weighted by Gasteiger charge is -2.07. The summed E-state index contributed by atoms with van der Waals surface area (Å²) in [6.45, 7) is 2.64. The quantitative estimate of drug-likeness (QED) is 0.660. The lowest BCUT2D eigenvalue weighted by Crippen LogP contribution is -2.26. The van der Waals surface area contributed by atoms with Gasteiger partial charge in [0, 0.05) is 3.57 Å². The van der Waals surface area contributed by atoms with Gasteiger partial charge in [-0.2, -0.15) is 0 Å². The smallest absolute Gasteiger partial charge is 0.404 e. The van der Waals surface area contributed by atoms with Crippen LogP contribution >= 0.6 is 22.6 Å². The minimum absolute atomic E-state index is 0.292. The Bertz CT molecular complexity index is 355. The van der Waals surface area contributed by atoms with Gasteiger partial charge in [-0.3, -0.25) is 0 Å². The molecule has 1 aromatic carbocycles. The predicted octanol–water partition coefficient (Wildman–Crippen LogP) is 2.25. The van der Waals surface area contributed by atoms with Crippen LogP contribution in [0.25, 0.3) is 0 Å². The second-order valence-corrected chi connectivity index (χ2v) is 4.15. The molecule has 0 aliphatic rings. The number of rotatable bonds is 4. The number of benzene rings is 1. The second-order valence-electron chi connectivity index (χ2n) is 2.99. The molecule has 0 aromatic heterocycles. The Morgan fingerprint density at radius 1 is 1.60 bits per heavy atom. The van der Waals surface area contributed by atoms with Gasteiger partial charge in [-0.15, -0.1) is 0 Å². The van der Waals surface area contributed by atoms with Gasteiger partial charge in [0.25, 0.3) is 0 Å². The van der Waals surface area contributed by atoms with Crippen molar-refractivity contribution in [2.75, 3.05) is 13.2 Å². The molecule has 0 atom stereocenters. The average Bonchev–Trinajstić information content (AvgIpc) is 2.18. The largest absolute Gasteiger partial charge is 0.492 e. The Balaban J connectivity index is 2.38. The monoisotopic (exact) mass is 321 g/mol. The van der Waals surface area contributed by atoms with Gasteiger partial charge in [-0.25, -0.2) is 4.79 Å². The lowest BCUT2D eigenvalue weighted by molar-refractivity contribution is 0.191. The van der Waals surface area contributed by atoms with Crippen molar-refractivity contribution >= 4 is 28.7 Å². The molecule has 0 aliphatic carbocycles. The summed E-state index contributed by atoms with van der Waals surface area (Å²) < 4.78 is 6.55. The SMILES string of the molecule is Cc1cc(OCCNC(=O)O)ccc1I. The number of ether oxygens (including phenoxy) is 1. The highest BCUT2D eigenvalue weighted by Gasteiger charge is 1.98. The Labute approximate surface area is 102 Å². The van der Waals surface area contributed by atoms with Crippen molar-refractivity contribution in [1.82, 2.24) is 5.32 Å². The van der Waals surface area contributed by atoms with Crippen LogP contribution in [0.15, 0.2) is 18.2 Å². The zero-order chi connectivity index (χ0) is 11.3. The minimum atomic E-state index is -1.03. The first-order valence-corrected chi connectivity index (χ1v) is 5.53. The van der Waals surface area contributed by atoms with Gasteiger partial charge in [0.2, 0.25) is 0 Å². The van der Waals surface area contributed by atoms with E-state index in [2.05, 4.69) is 27.9 Å². The zero-order valence-electron chi connectivity index (χ0n) is 8.29. The van der Waals surface area contributed by atoms with Crippen molar-refractivity contribution in [3.05, 3.63) is 27.3 Å². The molecule has 15 heavy (non-hydrogen) atoms. The van der Waals surface area contributed by atoms with Crippen LogP contribution < -0.4 is 10.1 Å². The van der Waals surface area contributed by atoms with Crippen LogP contribution in [0.1, 0.15) is 5.56 Å². The molecule has 2 N–H and O–H groups in total. The Hall–Kier alpha value is -0.980. The standard InChI is InChI=1S/C10H12INO3/c1-7-6-8(2-3-9(7)11)15-5-4-12-10(13)14/h2-3,6,12H,4-5H2,1H3,(H,13,14). The number of hydrogen-bond acceptors (Lipinski definition) is 2. The van der Waals surface area contributed by atoms with Crippen LogP contribution in [-0.4, -0.2) is 24.4 Å². The maximum absolute atomic E-state index is 10.1. The van der Waals surface area contributed by atoms with Crippen LogP contribution in [0.4, 0.5) is 4.79 Å². The van der Waals surface area contributed by atoms with E-state index in [4.69, 9.17) is 9.84 Å². The van der Waals surface area contributed by atoms with Crippen LogP contribution in [0.5, 0.6) is 5.75 Å². The summed E-state index contributed by atoms with van der Waals surface area (Å²) in [7, 11) is 0. The molecule has 0 spiro atoms. The number of halogens is 1. The van der Waals surface area contributed by atoms with Crippen molar-refractivity contribution < 1.29 is 14.6 Å².